The molecule has 0 aliphatic heterocycles. The van der Waals surface area contributed by atoms with Crippen molar-refractivity contribution in [1.82, 2.24) is 9.88 Å². The number of carbonyl (C=O) groups is 1. The lowest BCUT2D eigenvalue weighted by Gasteiger charge is -2.17. The van der Waals surface area contributed by atoms with Gasteiger partial charge in [-0.25, -0.2) is 9.37 Å². The van der Waals surface area contributed by atoms with Gasteiger partial charge in [0.1, 0.15) is 16.1 Å². The highest BCUT2D eigenvalue weighted by Gasteiger charge is 2.15. The van der Waals surface area contributed by atoms with Crippen LogP contribution in [-0.2, 0) is 6.54 Å². The summed E-state index contributed by atoms with van der Waals surface area (Å²) >= 11 is 11.5. The van der Waals surface area contributed by atoms with Crippen LogP contribution in [0.15, 0.2) is 36.4 Å². The largest absolute Gasteiger partial charge is 0.337 e. The highest BCUT2D eigenvalue weighted by atomic mass is 35.5. The predicted octanol–water partition coefficient (Wildman–Crippen LogP) is 3.80. The number of nitrogens with zero attached hydrogens (tertiary/aromatic N) is 2. The van der Waals surface area contributed by atoms with E-state index in [0.29, 0.717) is 11.1 Å². The molecule has 1 aromatic carbocycles. The third-order valence-corrected chi connectivity index (χ3v) is 3.11. The summed E-state index contributed by atoms with van der Waals surface area (Å²) in [6.45, 7) is 0.156. The van der Waals surface area contributed by atoms with Crippen molar-refractivity contribution in [1.29, 1.82) is 0 Å². The molecule has 3 nitrogen and oxygen atoms in total. The van der Waals surface area contributed by atoms with E-state index >= 15 is 0 Å². The fourth-order valence-corrected chi connectivity index (χ4v) is 2.22. The summed E-state index contributed by atoms with van der Waals surface area (Å²) in [4.78, 5) is 17.4. The number of hydrogen-bond acceptors (Lipinski definition) is 2. The number of carbonyl (C=O) groups excluding carboxylic acids is 1. The normalized spacial score (nSPS) is 10.4. The molecule has 0 saturated carbocycles. The molecule has 0 radical (unpaired) electrons. The molecule has 104 valence electrons. The van der Waals surface area contributed by atoms with Crippen molar-refractivity contribution >= 4 is 29.1 Å². The van der Waals surface area contributed by atoms with Gasteiger partial charge in [-0.3, -0.25) is 4.79 Å². The van der Waals surface area contributed by atoms with Crippen molar-refractivity contribution in [3.63, 3.8) is 0 Å². The zero-order chi connectivity index (χ0) is 14.7. The van der Waals surface area contributed by atoms with E-state index in [2.05, 4.69) is 4.98 Å². The van der Waals surface area contributed by atoms with Crippen LogP contribution in [0.25, 0.3) is 0 Å². The molecule has 2 rings (SSSR count). The molecular formula is C14H11Cl2FN2O. The Labute approximate surface area is 125 Å². The second-order valence-corrected chi connectivity index (χ2v) is 5.03. The Balaban J connectivity index is 2.18. The highest BCUT2D eigenvalue weighted by molar-refractivity contribution is 6.33. The Morgan fingerprint density at radius 2 is 1.85 bits per heavy atom. The van der Waals surface area contributed by atoms with Crippen molar-refractivity contribution in [2.24, 2.45) is 0 Å². The van der Waals surface area contributed by atoms with Crippen LogP contribution in [0, 0.1) is 5.82 Å². The molecule has 0 bridgehead atoms. The van der Waals surface area contributed by atoms with E-state index in [1.165, 1.54) is 23.1 Å². The topological polar surface area (TPSA) is 33.2 Å². The van der Waals surface area contributed by atoms with E-state index in [1.807, 2.05) is 0 Å². The molecular weight excluding hydrogens is 302 g/mol. The van der Waals surface area contributed by atoms with Crippen molar-refractivity contribution < 1.29 is 9.18 Å². The number of aromatic nitrogens is 1. The van der Waals surface area contributed by atoms with Crippen LogP contribution < -0.4 is 0 Å². The molecule has 0 aliphatic rings. The summed E-state index contributed by atoms with van der Waals surface area (Å²) in [5.41, 5.74) is 0.753. The summed E-state index contributed by atoms with van der Waals surface area (Å²) in [5, 5.41) is 0.278. The second kappa shape index (κ2) is 6.20. The van der Waals surface area contributed by atoms with Gasteiger partial charge in [0.15, 0.2) is 0 Å². The Morgan fingerprint density at radius 1 is 1.25 bits per heavy atom. The van der Waals surface area contributed by atoms with Gasteiger partial charge in [-0.05, 0) is 18.2 Å². The third-order valence-electron chi connectivity index (χ3n) is 2.72. The number of rotatable bonds is 3. The Hall–Kier alpha value is -1.65. The van der Waals surface area contributed by atoms with E-state index in [9.17, 15) is 9.18 Å². The molecule has 1 aromatic heterocycles. The van der Waals surface area contributed by atoms with E-state index in [4.69, 9.17) is 23.2 Å². The lowest BCUT2D eigenvalue weighted by atomic mass is 10.2. The lowest BCUT2D eigenvalue weighted by Crippen LogP contribution is -2.26. The minimum atomic E-state index is -0.349. The SMILES string of the molecule is CN(Cc1ccccc1F)C(=O)c1cc(Cl)nc(Cl)c1. The first-order valence-electron chi connectivity index (χ1n) is 5.79. The van der Waals surface area contributed by atoms with Crippen LogP contribution in [0.3, 0.4) is 0 Å². The fraction of sp³-hybridized carbons (Fsp3) is 0.143. The van der Waals surface area contributed by atoms with Gasteiger partial charge in [-0.1, -0.05) is 41.4 Å². The Bertz CT molecular complexity index is 629. The van der Waals surface area contributed by atoms with Gasteiger partial charge in [0, 0.05) is 24.7 Å². The van der Waals surface area contributed by atoms with Crippen LogP contribution in [0.2, 0.25) is 10.3 Å². The molecule has 2 aromatic rings. The zero-order valence-corrected chi connectivity index (χ0v) is 12.1. The Kier molecular flexibility index (Phi) is 4.57. The summed E-state index contributed by atoms with van der Waals surface area (Å²) < 4.78 is 13.6. The minimum Gasteiger partial charge on any atom is -0.337 e. The van der Waals surface area contributed by atoms with Crippen molar-refractivity contribution in [2.75, 3.05) is 7.05 Å². The molecule has 0 atom stereocenters. The summed E-state index contributed by atoms with van der Waals surface area (Å²) in [6.07, 6.45) is 0. The van der Waals surface area contributed by atoms with Crippen molar-refractivity contribution in [3.8, 4) is 0 Å². The van der Waals surface area contributed by atoms with Crippen LogP contribution in [0.1, 0.15) is 15.9 Å². The average molecular weight is 313 g/mol. The maximum absolute atomic E-state index is 13.6. The van der Waals surface area contributed by atoms with Gasteiger partial charge in [0.25, 0.3) is 5.91 Å². The number of benzene rings is 1. The standard InChI is InChI=1S/C14H11Cl2FN2O/c1-19(8-9-4-2-3-5-11(9)17)14(20)10-6-12(15)18-13(16)7-10/h2-7H,8H2,1H3. The molecule has 0 unspecified atom stereocenters. The molecule has 0 saturated heterocycles. The molecule has 1 heterocycles. The van der Waals surface area contributed by atoms with E-state index in [0.717, 1.165) is 0 Å². The average Bonchev–Trinajstić information content (AvgIpc) is 2.39. The van der Waals surface area contributed by atoms with Gasteiger partial charge in [-0.2, -0.15) is 0 Å². The maximum Gasteiger partial charge on any atom is 0.254 e. The third kappa shape index (κ3) is 3.46. The molecule has 0 spiro atoms. The first kappa shape index (κ1) is 14.8. The van der Waals surface area contributed by atoms with Gasteiger partial charge in [0.05, 0.1) is 0 Å². The number of amides is 1. The maximum atomic E-state index is 13.6. The first-order chi connectivity index (χ1) is 9.47. The van der Waals surface area contributed by atoms with Crippen molar-refractivity contribution in [3.05, 3.63) is 63.6 Å². The van der Waals surface area contributed by atoms with E-state index in [-0.39, 0.29) is 28.6 Å². The monoisotopic (exact) mass is 312 g/mol. The summed E-state index contributed by atoms with van der Waals surface area (Å²) in [5.74, 6) is -0.655. The minimum absolute atomic E-state index is 0.139. The molecule has 0 N–H and O–H groups in total. The number of halogens is 3. The van der Waals surface area contributed by atoms with Gasteiger partial charge < -0.3 is 4.90 Å². The zero-order valence-electron chi connectivity index (χ0n) is 10.6. The quantitative estimate of drug-likeness (QED) is 0.808. The Morgan fingerprint density at radius 3 is 2.45 bits per heavy atom. The summed E-state index contributed by atoms with van der Waals surface area (Å²) in [7, 11) is 1.58. The van der Waals surface area contributed by atoms with Crippen molar-refractivity contribution in [2.45, 2.75) is 6.54 Å². The predicted molar refractivity (Wildman–Crippen MR) is 76.5 cm³/mol. The first-order valence-corrected chi connectivity index (χ1v) is 6.55. The van der Waals surface area contributed by atoms with E-state index < -0.39 is 0 Å². The van der Waals surface area contributed by atoms with Gasteiger partial charge in [-0.15, -0.1) is 0 Å². The summed E-state index contributed by atoms with van der Waals surface area (Å²) in [6, 6.07) is 9.15. The van der Waals surface area contributed by atoms with Crippen LogP contribution in [-0.4, -0.2) is 22.8 Å². The van der Waals surface area contributed by atoms with Crippen LogP contribution >= 0.6 is 23.2 Å². The number of pyridine rings is 1. The lowest BCUT2D eigenvalue weighted by molar-refractivity contribution is 0.0783. The molecule has 0 fully saturated rings. The molecule has 0 aliphatic carbocycles. The van der Waals surface area contributed by atoms with Gasteiger partial charge in [0.2, 0.25) is 0 Å². The highest BCUT2D eigenvalue weighted by Crippen LogP contribution is 2.17. The number of hydrogen-bond donors (Lipinski definition) is 0. The van der Waals surface area contributed by atoms with Crippen LogP contribution in [0.4, 0.5) is 4.39 Å². The fourth-order valence-electron chi connectivity index (χ4n) is 1.76. The van der Waals surface area contributed by atoms with E-state index in [1.54, 1.807) is 25.2 Å². The molecule has 20 heavy (non-hydrogen) atoms. The van der Waals surface area contributed by atoms with Gasteiger partial charge >= 0.3 is 0 Å². The molecule has 6 heteroatoms. The van der Waals surface area contributed by atoms with Crippen LogP contribution in [0.5, 0.6) is 0 Å². The smallest absolute Gasteiger partial charge is 0.254 e. The second-order valence-electron chi connectivity index (χ2n) is 4.25. The molecule has 1 amide bonds.